The molecule has 0 bridgehead atoms. The van der Waals surface area contributed by atoms with Crippen LogP contribution in [0, 0.1) is 5.82 Å². The summed E-state index contributed by atoms with van der Waals surface area (Å²) in [4.78, 5) is 11.3. The Morgan fingerprint density at radius 3 is 2.53 bits per heavy atom. The van der Waals surface area contributed by atoms with Crippen molar-refractivity contribution in [2.75, 3.05) is 0 Å². The average molecular weight is 261 g/mol. The van der Waals surface area contributed by atoms with E-state index in [0.717, 1.165) is 31.2 Å². The van der Waals surface area contributed by atoms with Crippen LogP contribution in [0.15, 0.2) is 29.8 Å². The highest BCUT2D eigenvalue weighted by molar-refractivity contribution is 5.75. The van der Waals surface area contributed by atoms with Crippen molar-refractivity contribution in [3.8, 4) is 0 Å². The number of benzene rings is 1. The second-order valence-electron chi connectivity index (χ2n) is 5.05. The van der Waals surface area contributed by atoms with Crippen molar-refractivity contribution in [1.29, 1.82) is 0 Å². The third-order valence-electron chi connectivity index (χ3n) is 3.55. The second-order valence-corrected chi connectivity index (χ2v) is 5.05. The van der Waals surface area contributed by atoms with E-state index in [1.165, 1.54) is 17.7 Å². The lowest BCUT2D eigenvalue weighted by atomic mass is 9.89. The van der Waals surface area contributed by atoms with Crippen LogP contribution in [0.2, 0.25) is 0 Å². The van der Waals surface area contributed by atoms with Gasteiger partial charge < -0.3 is 5.32 Å². The Kier molecular flexibility index (Phi) is 4.72. The van der Waals surface area contributed by atoms with Crippen molar-refractivity contribution in [3.05, 3.63) is 41.2 Å². The van der Waals surface area contributed by atoms with E-state index in [1.54, 1.807) is 12.1 Å². The smallest absolute Gasteiger partial charge is 0.219 e. The number of hydrogen-bond donors (Lipinski definition) is 1. The van der Waals surface area contributed by atoms with E-state index in [1.807, 2.05) is 6.92 Å². The molecule has 1 aromatic carbocycles. The van der Waals surface area contributed by atoms with Gasteiger partial charge in [-0.05, 0) is 43.4 Å². The van der Waals surface area contributed by atoms with Crippen LogP contribution in [-0.4, -0.2) is 11.9 Å². The van der Waals surface area contributed by atoms with Gasteiger partial charge in [-0.1, -0.05) is 30.7 Å². The summed E-state index contributed by atoms with van der Waals surface area (Å²) in [5.74, 6) is -0.0656. The lowest BCUT2D eigenvalue weighted by Gasteiger charge is -2.24. The average Bonchev–Trinajstić information content (AvgIpc) is 2.43. The number of rotatable bonds is 3. The van der Waals surface area contributed by atoms with Gasteiger partial charge >= 0.3 is 0 Å². The van der Waals surface area contributed by atoms with Crippen molar-refractivity contribution in [2.45, 2.75) is 45.1 Å². The molecule has 102 valence electrons. The molecule has 0 aromatic heterocycles. The summed E-state index contributed by atoms with van der Waals surface area (Å²) in [6.45, 7) is 1.87. The zero-order valence-corrected chi connectivity index (χ0v) is 11.3. The van der Waals surface area contributed by atoms with Gasteiger partial charge in [-0.2, -0.15) is 0 Å². The highest BCUT2D eigenvalue weighted by Crippen LogP contribution is 2.25. The fraction of sp³-hybridized carbons (Fsp3) is 0.438. The molecule has 0 atom stereocenters. The third kappa shape index (κ3) is 4.19. The first kappa shape index (κ1) is 13.8. The first-order valence-corrected chi connectivity index (χ1v) is 6.91. The van der Waals surface area contributed by atoms with Crippen molar-refractivity contribution in [1.82, 2.24) is 5.32 Å². The van der Waals surface area contributed by atoms with Crippen LogP contribution in [-0.2, 0) is 4.79 Å². The molecule has 1 aromatic rings. The summed E-state index contributed by atoms with van der Waals surface area (Å²) in [6, 6.07) is 6.89. The Morgan fingerprint density at radius 1 is 1.32 bits per heavy atom. The largest absolute Gasteiger partial charge is 0.353 e. The number of halogens is 1. The van der Waals surface area contributed by atoms with Crippen molar-refractivity contribution < 1.29 is 9.18 Å². The molecule has 1 N–H and O–H groups in total. The van der Waals surface area contributed by atoms with Gasteiger partial charge in [0.2, 0.25) is 5.91 Å². The molecule has 0 radical (unpaired) electrons. The van der Waals surface area contributed by atoms with Gasteiger partial charge in [-0.25, -0.2) is 4.39 Å². The normalized spacial score (nSPS) is 19.1. The van der Waals surface area contributed by atoms with Crippen molar-refractivity contribution >= 4 is 12.0 Å². The molecule has 0 aliphatic heterocycles. The van der Waals surface area contributed by atoms with E-state index in [-0.39, 0.29) is 11.7 Å². The Balaban J connectivity index is 1.89. The highest BCUT2D eigenvalue weighted by Gasteiger charge is 2.17. The van der Waals surface area contributed by atoms with Gasteiger partial charge in [0.25, 0.3) is 0 Å². The quantitative estimate of drug-likeness (QED) is 0.883. The fourth-order valence-electron chi connectivity index (χ4n) is 2.40. The molecule has 2 rings (SSSR count). The second kappa shape index (κ2) is 6.50. The van der Waals surface area contributed by atoms with E-state index in [0.29, 0.717) is 12.5 Å². The summed E-state index contributed by atoms with van der Waals surface area (Å²) in [7, 11) is 0. The van der Waals surface area contributed by atoms with Crippen LogP contribution < -0.4 is 5.32 Å². The molecule has 0 heterocycles. The van der Waals surface area contributed by atoms with Crippen LogP contribution in [0.1, 0.15) is 44.6 Å². The minimum absolute atomic E-state index is 0.135. The predicted octanol–water partition coefficient (Wildman–Crippen LogP) is 3.68. The molecule has 1 aliphatic rings. The van der Waals surface area contributed by atoms with Gasteiger partial charge in [0.05, 0.1) is 0 Å². The van der Waals surface area contributed by atoms with Crippen molar-refractivity contribution in [2.24, 2.45) is 0 Å². The van der Waals surface area contributed by atoms with Crippen LogP contribution in [0.3, 0.4) is 0 Å². The van der Waals surface area contributed by atoms with E-state index >= 15 is 0 Å². The van der Waals surface area contributed by atoms with Crippen molar-refractivity contribution in [3.63, 3.8) is 0 Å². The minimum Gasteiger partial charge on any atom is -0.353 e. The van der Waals surface area contributed by atoms with Crippen LogP contribution in [0.25, 0.3) is 6.08 Å². The standard InChI is InChI=1S/C16H20FNO/c1-2-16(19)18-15-9-5-13(6-10-15)11-12-3-7-14(17)8-4-12/h3-4,7-8,11,15H,2,5-6,9-10H2,1H3,(H,18,19). The van der Waals surface area contributed by atoms with E-state index in [2.05, 4.69) is 11.4 Å². The van der Waals surface area contributed by atoms with Gasteiger partial charge in [0, 0.05) is 12.5 Å². The number of amides is 1. The fourth-order valence-corrected chi connectivity index (χ4v) is 2.40. The Morgan fingerprint density at radius 2 is 1.95 bits per heavy atom. The number of nitrogens with one attached hydrogen (secondary N) is 1. The van der Waals surface area contributed by atoms with E-state index in [9.17, 15) is 9.18 Å². The molecule has 1 saturated carbocycles. The number of allylic oxidation sites excluding steroid dienone is 1. The lowest BCUT2D eigenvalue weighted by molar-refractivity contribution is -0.121. The first-order chi connectivity index (χ1) is 9.17. The molecule has 1 amide bonds. The SMILES string of the molecule is CCC(=O)NC1CCC(=Cc2ccc(F)cc2)CC1. The zero-order chi connectivity index (χ0) is 13.7. The maximum absolute atomic E-state index is 12.8. The molecule has 2 nitrogen and oxygen atoms in total. The Labute approximate surface area is 113 Å². The lowest BCUT2D eigenvalue weighted by Crippen LogP contribution is -2.35. The monoisotopic (exact) mass is 261 g/mol. The predicted molar refractivity (Wildman–Crippen MR) is 75.1 cm³/mol. The van der Waals surface area contributed by atoms with Crippen LogP contribution in [0.5, 0.6) is 0 Å². The molecule has 3 heteroatoms. The molecule has 1 aliphatic carbocycles. The van der Waals surface area contributed by atoms with E-state index < -0.39 is 0 Å². The summed E-state index contributed by atoms with van der Waals surface area (Å²) < 4.78 is 12.8. The number of carbonyl (C=O) groups is 1. The maximum Gasteiger partial charge on any atom is 0.219 e. The molecule has 0 saturated heterocycles. The molecule has 0 spiro atoms. The van der Waals surface area contributed by atoms with E-state index in [4.69, 9.17) is 0 Å². The molecular formula is C16H20FNO. The Bertz CT molecular complexity index is 454. The van der Waals surface area contributed by atoms with Gasteiger partial charge in [-0.15, -0.1) is 0 Å². The maximum atomic E-state index is 12.8. The van der Waals surface area contributed by atoms with Gasteiger partial charge in [-0.3, -0.25) is 4.79 Å². The number of hydrogen-bond acceptors (Lipinski definition) is 1. The first-order valence-electron chi connectivity index (χ1n) is 6.91. The van der Waals surface area contributed by atoms with Gasteiger partial charge in [0.15, 0.2) is 0 Å². The summed E-state index contributed by atoms with van der Waals surface area (Å²) in [5.41, 5.74) is 2.43. The molecule has 1 fully saturated rings. The highest BCUT2D eigenvalue weighted by atomic mass is 19.1. The molecule has 19 heavy (non-hydrogen) atoms. The third-order valence-corrected chi connectivity index (χ3v) is 3.55. The Hall–Kier alpha value is -1.64. The minimum atomic E-state index is -0.201. The topological polar surface area (TPSA) is 29.1 Å². The van der Waals surface area contributed by atoms with Crippen LogP contribution in [0.4, 0.5) is 4.39 Å². The summed E-state index contributed by atoms with van der Waals surface area (Å²) in [5, 5.41) is 3.04. The summed E-state index contributed by atoms with van der Waals surface area (Å²) >= 11 is 0. The zero-order valence-electron chi connectivity index (χ0n) is 11.3. The molecular weight excluding hydrogens is 241 g/mol. The molecule has 0 unspecified atom stereocenters. The van der Waals surface area contributed by atoms with Gasteiger partial charge in [0.1, 0.15) is 5.82 Å². The van der Waals surface area contributed by atoms with Crippen LogP contribution >= 0.6 is 0 Å². The number of carbonyl (C=O) groups excluding carboxylic acids is 1. The summed E-state index contributed by atoms with van der Waals surface area (Å²) in [6.07, 6.45) is 6.70.